The number of anilines is 1. The van der Waals surface area contributed by atoms with Crippen LogP contribution in [0.3, 0.4) is 0 Å². The summed E-state index contributed by atoms with van der Waals surface area (Å²) in [6.07, 6.45) is 4.15. The van der Waals surface area contributed by atoms with Gasteiger partial charge >= 0.3 is 5.97 Å². The molecule has 24 heavy (non-hydrogen) atoms. The maximum atomic E-state index is 12.3. The molecule has 2 N–H and O–H groups in total. The van der Waals surface area contributed by atoms with Crippen molar-refractivity contribution in [2.24, 2.45) is 0 Å². The smallest absolute Gasteiger partial charge is 0.338 e. The van der Waals surface area contributed by atoms with Gasteiger partial charge in [-0.15, -0.1) is 0 Å². The summed E-state index contributed by atoms with van der Waals surface area (Å²) in [7, 11) is 0. The highest BCUT2D eigenvalue weighted by Crippen LogP contribution is 2.27. The van der Waals surface area contributed by atoms with Crippen LogP contribution in [0.1, 0.15) is 41.6 Å². The fraction of sp³-hybridized carbons (Fsp3) is 0.316. The van der Waals surface area contributed by atoms with E-state index < -0.39 is 0 Å². The van der Waals surface area contributed by atoms with Crippen molar-refractivity contribution in [1.29, 1.82) is 0 Å². The zero-order valence-electron chi connectivity index (χ0n) is 13.3. The molecule has 0 amide bonds. The Balaban J connectivity index is 1.69. The van der Waals surface area contributed by atoms with Crippen molar-refractivity contribution in [2.75, 3.05) is 5.73 Å². The normalized spacial score (nSPS) is 14.5. The maximum Gasteiger partial charge on any atom is 0.338 e. The van der Waals surface area contributed by atoms with Crippen LogP contribution in [0, 0.1) is 0 Å². The Hall–Kier alpha value is -2.20. The number of ether oxygens (including phenoxy) is 2. The number of benzene rings is 2. The molecular weight excluding hydrogens is 326 g/mol. The van der Waals surface area contributed by atoms with E-state index in [1.807, 2.05) is 18.2 Å². The van der Waals surface area contributed by atoms with E-state index in [4.69, 9.17) is 26.8 Å². The summed E-state index contributed by atoms with van der Waals surface area (Å²) < 4.78 is 11.3. The molecule has 0 saturated heterocycles. The predicted octanol–water partition coefficient (Wildman–Crippen LogP) is 4.60. The SMILES string of the molecule is Nc1ccc(C(=O)OC2CCCC2)cc1OCc1ccccc1Cl. The minimum Gasteiger partial charge on any atom is -0.487 e. The van der Waals surface area contributed by atoms with Crippen LogP contribution in [-0.4, -0.2) is 12.1 Å². The van der Waals surface area contributed by atoms with Crippen LogP contribution in [0.4, 0.5) is 5.69 Å². The van der Waals surface area contributed by atoms with Crippen molar-refractivity contribution in [3.8, 4) is 5.75 Å². The number of halogens is 1. The highest BCUT2D eigenvalue weighted by atomic mass is 35.5. The standard InChI is InChI=1S/C19H20ClNO3/c20-16-8-4-1-5-14(16)12-23-18-11-13(9-10-17(18)21)19(22)24-15-6-2-3-7-15/h1,4-5,8-11,15H,2-3,6-7,12,21H2. The third-order valence-corrected chi connectivity index (χ3v) is 4.53. The average Bonchev–Trinajstić information content (AvgIpc) is 3.08. The number of esters is 1. The van der Waals surface area contributed by atoms with E-state index >= 15 is 0 Å². The van der Waals surface area contributed by atoms with Gasteiger partial charge in [0, 0.05) is 10.6 Å². The highest BCUT2D eigenvalue weighted by Gasteiger charge is 2.20. The van der Waals surface area contributed by atoms with Gasteiger partial charge in [-0.25, -0.2) is 4.79 Å². The molecule has 1 aliphatic rings. The lowest BCUT2D eigenvalue weighted by molar-refractivity contribution is 0.0317. The van der Waals surface area contributed by atoms with Gasteiger partial charge in [0.15, 0.2) is 0 Å². The van der Waals surface area contributed by atoms with Crippen LogP contribution in [0.5, 0.6) is 5.75 Å². The zero-order chi connectivity index (χ0) is 16.9. The molecule has 3 rings (SSSR count). The molecule has 5 heteroatoms. The fourth-order valence-corrected chi connectivity index (χ4v) is 2.97. The quantitative estimate of drug-likeness (QED) is 0.635. The highest BCUT2D eigenvalue weighted by molar-refractivity contribution is 6.31. The van der Waals surface area contributed by atoms with Crippen LogP contribution >= 0.6 is 11.6 Å². The van der Waals surface area contributed by atoms with Gasteiger partial charge in [0.2, 0.25) is 0 Å². The van der Waals surface area contributed by atoms with Crippen LogP contribution in [0.15, 0.2) is 42.5 Å². The molecule has 1 saturated carbocycles. The number of rotatable bonds is 5. The Kier molecular flexibility index (Phi) is 5.26. The van der Waals surface area contributed by atoms with Gasteiger partial charge in [-0.05, 0) is 49.9 Å². The van der Waals surface area contributed by atoms with Crippen molar-refractivity contribution in [3.05, 3.63) is 58.6 Å². The Morgan fingerprint density at radius 1 is 1.17 bits per heavy atom. The van der Waals surface area contributed by atoms with E-state index in [1.165, 1.54) is 0 Å². The molecule has 0 atom stereocenters. The molecule has 1 aliphatic carbocycles. The van der Waals surface area contributed by atoms with Gasteiger partial charge in [-0.1, -0.05) is 29.8 Å². The van der Waals surface area contributed by atoms with Gasteiger partial charge in [0.25, 0.3) is 0 Å². The number of carbonyl (C=O) groups is 1. The van der Waals surface area contributed by atoms with Crippen LogP contribution < -0.4 is 10.5 Å². The largest absolute Gasteiger partial charge is 0.487 e. The summed E-state index contributed by atoms with van der Waals surface area (Å²) in [6.45, 7) is 0.283. The second-order valence-corrected chi connectivity index (χ2v) is 6.35. The molecular formula is C19H20ClNO3. The molecule has 0 radical (unpaired) electrons. The summed E-state index contributed by atoms with van der Waals surface area (Å²) in [5, 5.41) is 0.632. The zero-order valence-corrected chi connectivity index (χ0v) is 14.1. The van der Waals surface area contributed by atoms with E-state index in [0.29, 0.717) is 22.0 Å². The van der Waals surface area contributed by atoms with Gasteiger partial charge in [-0.2, -0.15) is 0 Å². The van der Waals surface area contributed by atoms with Crippen LogP contribution in [0.2, 0.25) is 5.02 Å². The number of nitrogens with two attached hydrogens (primary N) is 1. The number of hydrogen-bond acceptors (Lipinski definition) is 4. The molecule has 0 unspecified atom stereocenters. The molecule has 1 fully saturated rings. The fourth-order valence-electron chi connectivity index (χ4n) is 2.78. The predicted molar refractivity (Wildman–Crippen MR) is 94.3 cm³/mol. The first-order valence-electron chi connectivity index (χ1n) is 8.10. The molecule has 0 aliphatic heterocycles. The minimum atomic E-state index is -0.329. The third-order valence-electron chi connectivity index (χ3n) is 4.17. The second-order valence-electron chi connectivity index (χ2n) is 5.94. The Morgan fingerprint density at radius 3 is 2.67 bits per heavy atom. The van der Waals surface area contributed by atoms with Crippen LogP contribution in [-0.2, 0) is 11.3 Å². The Bertz CT molecular complexity index is 726. The molecule has 0 bridgehead atoms. The lowest BCUT2D eigenvalue weighted by atomic mass is 10.2. The summed E-state index contributed by atoms with van der Waals surface area (Å²) >= 11 is 6.12. The van der Waals surface area contributed by atoms with E-state index in [1.54, 1.807) is 24.3 Å². The summed E-state index contributed by atoms with van der Waals surface area (Å²) in [5.41, 5.74) is 7.73. The number of hydrogen-bond donors (Lipinski definition) is 1. The van der Waals surface area contributed by atoms with Crippen molar-refractivity contribution in [1.82, 2.24) is 0 Å². The van der Waals surface area contributed by atoms with Gasteiger partial charge in [-0.3, -0.25) is 0 Å². The molecule has 2 aromatic rings. The minimum absolute atomic E-state index is 0.0301. The lowest BCUT2D eigenvalue weighted by Gasteiger charge is -2.14. The van der Waals surface area contributed by atoms with Gasteiger partial charge in [0.05, 0.1) is 11.3 Å². The average molecular weight is 346 g/mol. The van der Waals surface area contributed by atoms with Crippen molar-refractivity contribution < 1.29 is 14.3 Å². The van der Waals surface area contributed by atoms with Crippen LogP contribution in [0.25, 0.3) is 0 Å². The van der Waals surface area contributed by atoms with Crippen molar-refractivity contribution in [3.63, 3.8) is 0 Å². The summed E-state index contributed by atoms with van der Waals surface area (Å²) in [5.74, 6) is 0.125. The topological polar surface area (TPSA) is 61.6 Å². The van der Waals surface area contributed by atoms with Gasteiger partial charge < -0.3 is 15.2 Å². The molecule has 0 heterocycles. The Labute approximate surface area is 146 Å². The Morgan fingerprint density at radius 2 is 1.92 bits per heavy atom. The molecule has 4 nitrogen and oxygen atoms in total. The first-order valence-corrected chi connectivity index (χ1v) is 8.48. The van der Waals surface area contributed by atoms with Crippen molar-refractivity contribution >= 4 is 23.3 Å². The molecule has 2 aromatic carbocycles. The molecule has 0 spiro atoms. The molecule has 0 aromatic heterocycles. The molecule has 126 valence electrons. The number of nitrogen functional groups attached to an aromatic ring is 1. The maximum absolute atomic E-state index is 12.3. The second kappa shape index (κ2) is 7.58. The van der Waals surface area contributed by atoms with E-state index in [9.17, 15) is 4.79 Å². The first-order chi connectivity index (χ1) is 11.6. The van der Waals surface area contributed by atoms with Crippen molar-refractivity contribution in [2.45, 2.75) is 38.4 Å². The lowest BCUT2D eigenvalue weighted by Crippen LogP contribution is -2.15. The third kappa shape index (κ3) is 4.01. The monoisotopic (exact) mass is 345 g/mol. The first kappa shape index (κ1) is 16.7. The summed E-state index contributed by atoms with van der Waals surface area (Å²) in [6, 6.07) is 12.4. The summed E-state index contributed by atoms with van der Waals surface area (Å²) in [4.78, 5) is 12.3. The van der Waals surface area contributed by atoms with E-state index in [2.05, 4.69) is 0 Å². The number of carbonyl (C=O) groups excluding carboxylic acids is 1. The van der Waals surface area contributed by atoms with E-state index in [-0.39, 0.29) is 18.7 Å². The van der Waals surface area contributed by atoms with Gasteiger partial charge in [0.1, 0.15) is 18.5 Å². The van der Waals surface area contributed by atoms with E-state index in [0.717, 1.165) is 31.2 Å².